The molecule has 0 unspecified atom stereocenters. The summed E-state index contributed by atoms with van der Waals surface area (Å²) < 4.78 is 0. The molecule has 5 nitrogen and oxygen atoms in total. The minimum Gasteiger partial charge on any atom is -0.354 e. The van der Waals surface area contributed by atoms with E-state index in [1.165, 1.54) is 25.7 Å². The number of carbonyl (C=O) groups is 1. The van der Waals surface area contributed by atoms with Gasteiger partial charge < -0.3 is 5.32 Å². The predicted octanol–water partition coefficient (Wildman–Crippen LogP) is 1.33. The molecule has 0 saturated carbocycles. The zero-order valence-electron chi connectivity index (χ0n) is 11.7. The lowest BCUT2D eigenvalue weighted by Crippen LogP contribution is -2.46. The lowest BCUT2D eigenvalue weighted by molar-refractivity contribution is -0.125. The number of hydrogen-bond acceptors (Lipinski definition) is 3. The van der Waals surface area contributed by atoms with Crippen LogP contribution in [0.25, 0.3) is 0 Å². The van der Waals surface area contributed by atoms with E-state index >= 15 is 0 Å². The Hall–Kier alpha value is -1.36. The van der Waals surface area contributed by atoms with Gasteiger partial charge >= 0.3 is 0 Å². The molecule has 0 aliphatic carbocycles. The fraction of sp³-hybridized carbons (Fsp3) is 0.714. The molecule has 0 radical (unpaired) electrons. The van der Waals surface area contributed by atoms with Crippen molar-refractivity contribution in [3.05, 3.63) is 18.0 Å². The van der Waals surface area contributed by atoms with E-state index in [0.29, 0.717) is 6.54 Å². The summed E-state index contributed by atoms with van der Waals surface area (Å²) in [6, 6.07) is 1.92. The van der Waals surface area contributed by atoms with Gasteiger partial charge in [-0.3, -0.25) is 14.8 Å². The summed E-state index contributed by atoms with van der Waals surface area (Å²) in [4.78, 5) is 14.4. The summed E-state index contributed by atoms with van der Waals surface area (Å²) in [6.45, 7) is 4.78. The first-order valence-electron chi connectivity index (χ1n) is 7.27. The number of aromatic amines is 1. The summed E-state index contributed by atoms with van der Waals surface area (Å²) in [5, 5.41) is 9.80. The lowest BCUT2D eigenvalue weighted by atomic mass is 10.2. The molecule has 106 valence electrons. The van der Waals surface area contributed by atoms with Crippen LogP contribution < -0.4 is 5.32 Å². The second kappa shape index (κ2) is 7.28. The Morgan fingerprint density at radius 3 is 2.79 bits per heavy atom. The van der Waals surface area contributed by atoms with E-state index in [2.05, 4.69) is 20.4 Å². The van der Waals surface area contributed by atoms with Crippen molar-refractivity contribution < 1.29 is 4.79 Å². The van der Waals surface area contributed by atoms with Crippen molar-refractivity contribution in [3.63, 3.8) is 0 Å². The highest BCUT2D eigenvalue weighted by Crippen LogP contribution is 2.12. The molecule has 1 fully saturated rings. The van der Waals surface area contributed by atoms with E-state index in [-0.39, 0.29) is 11.9 Å². The van der Waals surface area contributed by atoms with Crippen LogP contribution in [-0.2, 0) is 11.2 Å². The van der Waals surface area contributed by atoms with Gasteiger partial charge in [0.1, 0.15) is 0 Å². The zero-order valence-corrected chi connectivity index (χ0v) is 11.7. The summed E-state index contributed by atoms with van der Waals surface area (Å²) >= 11 is 0. The molecule has 1 aliphatic rings. The maximum absolute atomic E-state index is 12.1. The van der Waals surface area contributed by atoms with Crippen LogP contribution in [0.2, 0.25) is 0 Å². The quantitative estimate of drug-likeness (QED) is 0.843. The van der Waals surface area contributed by atoms with Crippen LogP contribution in [0.4, 0.5) is 0 Å². The smallest absolute Gasteiger partial charge is 0.237 e. The van der Waals surface area contributed by atoms with Crippen molar-refractivity contribution in [3.8, 4) is 0 Å². The van der Waals surface area contributed by atoms with Gasteiger partial charge in [-0.05, 0) is 38.9 Å². The molecule has 0 bridgehead atoms. The average Bonchev–Trinajstić information content (AvgIpc) is 2.78. The molecule has 19 heavy (non-hydrogen) atoms. The largest absolute Gasteiger partial charge is 0.354 e. The minimum atomic E-state index is -0.0140. The number of amides is 1. The maximum atomic E-state index is 12.1. The van der Waals surface area contributed by atoms with Crippen molar-refractivity contribution in [2.45, 2.75) is 45.1 Å². The second-order valence-electron chi connectivity index (χ2n) is 5.25. The molecule has 1 saturated heterocycles. The van der Waals surface area contributed by atoms with Gasteiger partial charge in [0, 0.05) is 24.9 Å². The van der Waals surface area contributed by atoms with E-state index in [9.17, 15) is 4.79 Å². The van der Waals surface area contributed by atoms with Crippen LogP contribution in [0.1, 0.15) is 38.3 Å². The standard InChI is InChI=1S/C14H24N4O/c1-12(18-10-4-2-3-5-11-18)14(19)15-8-6-13-7-9-16-17-13/h7,9,12H,2-6,8,10-11H2,1H3,(H,15,19)(H,16,17)/t12-/m0/s1. The molecule has 1 amide bonds. The summed E-state index contributed by atoms with van der Waals surface area (Å²) in [7, 11) is 0. The SMILES string of the molecule is C[C@@H](C(=O)NCCc1ccn[nH]1)N1CCCCCC1. The van der Waals surface area contributed by atoms with Gasteiger partial charge in [0.05, 0.1) is 6.04 Å². The lowest BCUT2D eigenvalue weighted by Gasteiger charge is -2.26. The van der Waals surface area contributed by atoms with Gasteiger partial charge in [-0.1, -0.05) is 12.8 Å². The minimum absolute atomic E-state index is 0.0140. The topological polar surface area (TPSA) is 61.0 Å². The molecule has 2 N–H and O–H groups in total. The highest BCUT2D eigenvalue weighted by atomic mass is 16.2. The molecule has 1 aliphatic heterocycles. The molecule has 0 spiro atoms. The van der Waals surface area contributed by atoms with Gasteiger partial charge in [-0.2, -0.15) is 5.10 Å². The van der Waals surface area contributed by atoms with E-state index < -0.39 is 0 Å². The first kappa shape index (κ1) is 14.1. The van der Waals surface area contributed by atoms with Crippen LogP contribution >= 0.6 is 0 Å². The molecule has 1 aromatic heterocycles. The highest BCUT2D eigenvalue weighted by Gasteiger charge is 2.21. The number of hydrogen-bond donors (Lipinski definition) is 2. The molecule has 0 aromatic carbocycles. The van der Waals surface area contributed by atoms with Gasteiger partial charge in [0.2, 0.25) is 5.91 Å². The Morgan fingerprint density at radius 2 is 2.16 bits per heavy atom. The number of nitrogens with zero attached hydrogens (tertiary/aromatic N) is 2. The number of aromatic nitrogens is 2. The Balaban J connectivity index is 1.72. The number of likely N-dealkylation sites (tertiary alicyclic amines) is 1. The molecule has 5 heteroatoms. The van der Waals surface area contributed by atoms with Crippen LogP contribution in [-0.4, -0.2) is 46.7 Å². The summed E-state index contributed by atoms with van der Waals surface area (Å²) in [6.07, 6.45) is 7.56. The van der Waals surface area contributed by atoms with Crippen molar-refractivity contribution in [2.24, 2.45) is 0 Å². The van der Waals surface area contributed by atoms with Crippen LogP contribution in [0.15, 0.2) is 12.3 Å². The van der Waals surface area contributed by atoms with Crippen LogP contribution in [0.3, 0.4) is 0 Å². The highest BCUT2D eigenvalue weighted by molar-refractivity contribution is 5.81. The molecule has 1 atom stereocenters. The summed E-state index contributed by atoms with van der Waals surface area (Å²) in [5.74, 6) is 0.140. The van der Waals surface area contributed by atoms with Gasteiger partial charge in [0.15, 0.2) is 0 Å². The third-order valence-corrected chi connectivity index (χ3v) is 3.82. The fourth-order valence-electron chi connectivity index (χ4n) is 2.54. The fourth-order valence-corrected chi connectivity index (χ4v) is 2.54. The predicted molar refractivity (Wildman–Crippen MR) is 74.8 cm³/mol. The third-order valence-electron chi connectivity index (χ3n) is 3.82. The number of H-pyrrole nitrogens is 1. The van der Waals surface area contributed by atoms with Gasteiger partial charge in [0.25, 0.3) is 0 Å². The maximum Gasteiger partial charge on any atom is 0.237 e. The van der Waals surface area contributed by atoms with Gasteiger partial charge in [-0.25, -0.2) is 0 Å². The monoisotopic (exact) mass is 264 g/mol. The Morgan fingerprint density at radius 1 is 1.42 bits per heavy atom. The number of carbonyl (C=O) groups excluding carboxylic acids is 1. The molecular weight excluding hydrogens is 240 g/mol. The number of rotatable bonds is 5. The van der Waals surface area contributed by atoms with E-state index in [1.54, 1.807) is 6.20 Å². The first-order chi connectivity index (χ1) is 9.27. The molecule has 2 rings (SSSR count). The molecule has 1 aromatic rings. The van der Waals surface area contributed by atoms with E-state index in [1.807, 2.05) is 13.0 Å². The molecule has 2 heterocycles. The van der Waals surface area contributed by atoms with Crippen molar-refractivity contribution >= 4 is 5.91 Å². The van der Waals surface area contributed by atoms with Crippen molar-refractivity contribution in [1.82, 2.24) is 20.4 Å². The Kier molecular flexibility index (Phi) is 5.39. The Bertz CT molecular complexity index is 369. The van der Waals surface area contributed by atoms with E-state index in [4.69, 9.17) is 0 Å². The zero-order chi connectivity index (χ0) is 13.5. The number of nitrogens with one attached hydrogen (secondary N) is 2. The second-order valence-corrected chi connectivity index (χ2v) is 5.25. The first-order valence-corrected chi connectivity index (χ1v) is 7.27. The normalized spacial score (nSPS) is 18.8. The average molecular weight is 264 g/mol. The van der Waals surface area contributed by atoms with Gasteiger partial charge in [-0.15, -0.1) is 0 Å². The Labute approximate surface area is 114 Å². The van der Waals surface area contributed by atoms with Crippen LogP contribution in [0, 0.1) is 0 Å². The third kappa shape index (κ3) is 4.35. The van der Waals surface area contributed by atoms with Crippen molar-refractivity contribution in [1.29, 1.82) is 0 Å². The van der Waals surface area contributed by atoms with Crippen LogP contribution in [0.5, 0.6) is 0 Å². The van der Waals surface area contributed by atoms with Crippen molar-refractivity contribution in [2.75, 3.05) is 19.6 Å². The van der Waals surface area contributed by atoms with E-state index in [0.717, 1.165) is 25.2 Å². The summed E-state index contributed by atoms with van der Waals surface area (Å²) in [5.41, 5.74) is 1.06. The molecular formula is C14H24N4O.